The number of amides is 1. The van der Waals surface area contributed by atoms with Gasteiger partial charge in [0, 0.05) is 12.3 Å². The minimum absolute atomic E-state index is 0.156. The average Bonchev–Trinajstić information content (AvgIpc) is 3.17. The maximum Gasteiger partial charge on any atom is 0.281 e. The highest BCUT2D eigenvalue weighted by Gasteiger charge is 2.29. The van der Waals surface area contributed by atoms with Crippen LogP contribution in [0.5, 0.6) is 0 Å². The van der Waals surface area contributed by atoms with Crippen LogP contribution < -0.4 is 0 Å². The summed E-state index contributed by atoms with van der Waals surface area (Å²) in [6.45, 7) is 0.484. The monoisotopic (exact) mass is 332 g/mol. The number of nitriles is 1. The number of carbonyl (C=O) groups is 1. The van der Waals surface area contributed by atoms with Gasteiger partial charge in [-0.3, -0.25) is 9.69 Å². The lowest BCUT2D eigenvalue weighted by Crippen LogP contribution is -2.31. The lowest BCUT2D eigenvalue weighted by Gasteiger charge is -2.12. The number of hydrogen-bond donors (Lipinski definition) is 0. The second-order valence-electron chi connectivity index (χ2n) is 4.32. The highest BCUT2D eigenvalue weighted by atomic mass is 35.5. The quantitative estimate of drug-likeness (QED) is 0.789. The molecular formula is C14H9ClN4O2S. The van der Waals surface area contributed by atoms with Gasteiger partial charge in [0.1, 0.15) is 6.26 Å². The first-order chi connectivity index (χ1) is 10.7. The topological polar surface area (TPSA) is 82.5 Å². The molecule has 0 atom stereocenters. The average molecular weight is 333 g/mol. The highest BCUT2D eigenvalue weighted by Crippen LogP contribution is 2.27. The third-order valence-electron chi connectivity index (χ3n) is 3.00. The molecule has 1 amide bonds. The molecule has 0 unspecified atom stereocenters. The van der Waals surface area contributed by atoms with E-state index in [2.05, 4.69) is 9.98 Å². The largest absolute Gasteiger partial charge is 0.444 e. The van der Waals surface area contributed by atoms with E-state index in [0.29, 0.717) is 28.1 Å². The predicted octanol–water partition coefficient (Wildman–Crippen LogP) is 3.02. The van der Waals surface area contributed by atoms with Crippen molar-refractivity contribution in [3.05, 3.63) is 41.2 Å². The molecule has 1 aromatic heterocycles. The van der Waals surface area contributed by atoms with E-state index in [-0.39, 0.29) is 17.5 Å². The van der Waals surface area contributed by atoms with Crippen LogP contribution >= 0.6 is 23.4 Å². The molecule has 2 heterocycles. The van der Waals surface area contributed by atoms with Crippen molar-refractivity contribution in [1.29, 1.82) is 5.26 Å². The molecule has 1 fully saturated rings. The van der Waals surface area contributed by atoms with Crippen LogP contribution in [0.4, 0.5) is 0 Å². The van der Waals surface area contributed by atoms with E-state index in [0.717, 1.165) is 0 Å². The molecule has 1 aliphatic heterocycles. The van der Waals surface area contributed by atoms with Crippen molar-refractivity contribution in [2.75, 3.05) is 12.3 Å². The minimum Gasteiger partial charge on any atom is -0.444 e. The van der Waals surface area contributed by atoms with Gasteiger partial charge in [0.15, 0.2) is 10.9 Å². The number of nitrogens with zero attached hydrogens (tertiary/aromatic N) is 4. The molecule has 110 valence electrons. The fraction of sp³-hybridized carbons (Fsp3) is 0.143. The normalized spacial score (nSPS) is 16.0. The summed E-state index contributed by atoms with van der Waals surface area (Å²) in [4.78, 5) is 21.7. The fourth-order valence-electron chi connectivity index (χ4n) is 1.99. The van der Waals surface area contributed by atoms with Gasteiger partial charge in [0.25, 0.3) is 5.91 Å². The first-order valence-electron chi connectivity index (χ1n) is 6.32. The van der Waals surface area contributed by atoms with Crippen molar-refractivity contribution in [1.82, 2.24) is 9.88 Å². The molecule has 3 rings (SSSR count). The third kappa shape index (κ3) is 2.71. The van der Waals surface area contributed by atoms with Crippen molar-refractivity contribution < 1.29 is 9.21 Å². The lowest BCUT2D eigenvalue weighted by molar-refractivity contribution is 0.0854. The Labute approximate surface area is 135 Å². The number of hydrogen-bond acceptors (Lipinski definition) is 6. The van der Waals surface area contributed by atoms with E-state index in [9.17, 15) is 4.79 Å². The molecule has 0 radical (unpaired) electrons. The number of oxazole rings is 1. The number of halogens is 1. The summed E-state index contributed by atoms with van der Waals surface area (Å²) < 4.78 is 5.35. The van der Waals surface area contributed by atoms with Crippen LogP contribution in [-0.2, 0) is 0 Å². The molecule has 0 N–H and O–H groups in total. The van der Waals surface area contributed by atoms with Crippen LogP contribution in [0.3, 0.4) is 0 Å². The van der Waals surface area contributed by atoms with Crippen molar-refractivity contribution in [3.8, 4) is 17.6 Å². The van der Waals surface area contributed by atoms with E-state index < -0.39 is 0 Å². The van der Waals surface area contributed by atoms with E-state index in [1.807, 2.05) is 6.07 Å². The van der Waals surface area contributed by atoms with Crippen molar-refractivity contribution in [2.45, 2.75) is 0 Å². The van der Waals surface area contributed by atoms with Crippen LogP contribution in [0.15, 0.2) is 39.9 Å². The van der Waals surface area contributed by atoms with E-state index in [1.165, 1.54) is 22.9 Å². The fourth-order valence-corrected chi connectivity index (χ4v) is 3.10. The molecule has 22 heavy (non-hydrogen) atoms. The number of rotatable bonds is 2. The number of thioether (sulfide) groups is 1. The Morgan fingerprint density at radius 2 is 2.32 bits per heavy atom. The second-order valence-corrected chi connectivity index (χ2v) is 5.79. The Balaban J connectivity index is 1.88. The van der Waals surface area contributed by atoms with Gasteiger partial charge >= 0.3 is 0 Å². The minimum atomic E-state index is -0.346. The predicted molar refractivity (Wildman–Crippen MR) is 83.5 cm³/mol. The Morgan fingerprint density at radius 3 is 3.09 bits per heavy atom. The summed E-state index contributed by atoms with van der Waals surface area (Å²) in [7, 11) is 0. The summed E-state index contributed by atoms with van der Waals surface area (Å²) in [6.07, 6.45) is 2.98. The molecule has 1 aliphatic rings. The van der Waals surface area contributed by atoms with E-state index in [1.54, 1.807) is 24.4 Å². The number of benzene rings is 1. The molecule has 1 saturated heterocycles. The van der Waals surface area contributed by atoms with Gasteiger partial charge in [0.2, 0.25) is 12.1 Å². The zero-order valence-corrected chi connectivity index (χ0v) is 12.8. The molecule has 1 aromatic carbocycles. The smallest absolute Gasteiger partial charge is 0.281 e. The number of aromatic nitrogens is 1. The summed E-state index contributed by atoms with van der Waals surface area (Å²) in [5.74, 6) is 0.627. The standard InChI is InChI=1S/C14H9ClN4O2S/c15-10-4-2-1-3-9(10)12-18-11(7-21-12)13(20)19-5-6-22-14(19)17-8-16/h1-4,7H,5-6H2. The molecule has 8 heteroatoms. The number of aliphatic imine (C=N–C) groups is 1. The van der Waals surface area contributed by atoms with Gasteiger partial charge < -0.3 is 4.42 Å². The summed E-state index contributed by atoms with van der Waals surface area (Å²) in [6, 6.07) is 7.09. The Morgan fingerprint density at radius 1 is 1.50 bits per heavy atom. The molecule has 0 aliphatic carbocycles. The molecule has 0 saturated carbocycles. The molecular weight excluding hydrogens is 324 g/mol. The molecule has 2 aromatic rings. The van der Waals surface area contributed by atoms with Crippen LogP contribution in [-0.4, -0.2) is 33.3 Å². The van der Waals surface area contributed by atoms with E-state index in [4.69, 9.17) is 21.3 Å². The van der Waals surface area contributed by atoms with Crippen LogP contribution in [0.1, 0.15) is 10.5 Å². The Kier molecular flexibility index (Phi) is 4.13. The Bertz CT molecular complexity index is 796. The second kappa shape index (κ2) is 6.22. The van der Waals surface area contributed by atoms with Gasteiger partial charge in [-0.1, -0.05) is 35.5 Å². The van der Waals surface area contributed by atoms with Gasteiger partial charge in [-0.15, -0.1) is 4.99 Å². The number of carbonyl (C=O) groups excluding carboxylic acids is 1. The molecule has 0 spiro atoms. The first-order valence-corrected chi connectivity index (χ1v) is 7.69. The van der Waals surface area contributed by atoms with Crippen molar-refractivity contribution >= 4 is 34.4 Å². The van der Waals surface area contributed by atoms with Crippen molar-refractivity contribution in [3.63, 3.8) is 0 Å². The first kappa shape index (κ1) is 14.6. The maximum atomic E-state index is 12.4. The Hall–Kier alpha value is -2.30. The lowest BCUT2D eigenvalue weighted by atomic mass is 10.2. The third-order valence-corrected chi connectivity index (χ3v) is 4.28. The van der Waals surface area contributed by atoms with Crippen LogP contribution in [0, 0.1) is 11.5 Å². The zero-order valence-electron chi connectivity index (χ0n) is 11.2. The SMILES string of the molecule is N#CN=C1SCCN1C(=O)c1coc(-c2ccccc2Cl)n1. The summed E-state index contributed by atoms with van der Waals surface area (Å²) in [5, 5.41) is 9.52. The number of amidine groups is 1. The van der Waals surface area contributed by atoms with Gasteiger partial charge in [0.05, 0.1) is 10.6 Å². The van der Waals surface area contributed by atoms with Gasteiger partial charge in [-0.05, 0) is 12.1 Å². The van der Waals surface area contributed by atoms with Gasteiger partial charge in [-0.2, -0.15) is 5.26 Å². The zero-order chi connectivity index (χ0) is 15.5. The molecule has 0 bridgehead atoms. The van der Waals surface area contributed by atoms with Crippen LogP contribution in [0.25, 0.3) is 11.5 Å². The summed E-state index contributed by atoms with van der Waals surface area (Å²) >= 11 is 7.44. The van der Waals surface area contributed by atoms with E-state index >= 15 is 0 Å². The maximum absolute atomic E-state index is 12.4. The summed E-state index contributed by atoms with van der Waals surface area (Å²) in [5.41, 5.74) is 0.771. The van der Waals surface area contributed by atoms with Crippen molar-refractivity contribution in [2.24, 2.45) is 4.99 Å². The van der Waals surface area contributed by atoms with Crippen LogP contribution in [0.2, 0.25) is 5.02 Å². The van der Waals surface area contributed by atoms with Gasteiger partial charge in [-0.25, -0.2) is 4.98 Å². The highest BCUT2D eigenvalue weighted by molar-refractivity contribution is 8.14. The molecule has 6 nitrogen and oxygen atoms in total.